The van der Waals surface area contributed by atoms with Crippen LogP contribution in [0.2, 0.25) is 0 Å². The molecule has 0 radical (unpaired) electrons. The first-order chi connectivity index (χ1) is 11.8. The van der Waals surface area contributed by atoms with E-state index in [0.717, 1.165) is 63.5 Å². The number of aliphatic hydroxyl groups is 1. The van der Waals surface area contributed by atoms with Gasteiger partial charge in [0.25, 0.3) is 0 Å². The van der Waals surface area contributed by atoms with Crippen LogP contribution in [0, 0.1) is 11.8 Å². The Kier molecular flexibility index (Phi) is 4.85. The second kappa shape index (κ2) is 7.23. The van der Waals surface area contributed by atoms with E-state index in [1.165, 1.54) is 5.56 Å². The van der Waals surface area contributed by atoms with E-state index in [1.807, 2.05) is 6.07 Å². The quantitative estimate of drug-likeness (QED) is 0.906. The highest BCUT2D eigenvalue weighted by Gasteiger charge is 2.33. The maximum absolute atomic E-state index is 9.78. The molecule has 1 N–H and O–H groups in total. The Morgan fingerprint density at radius 1 is 1.04 bits per heavy atom. The molecule has 2 atom stereocenters. The molecule has 0 aliphatic carbocycles. The van der Waals surface area contributed by atoms with Crippen molar-refractivity contribution in [3.05, 3.63) is 36.1 Å². The van der Waals surface area contributed by atoms with E-state index >= 15 is 0 Å². The van der Waals surface area contributed by atoms with Gasteiger partial charge in [0.15, 0.2) is 0 Å². The standard InChI is InChI=1S/C19H26N2O3/c22-14-18-13-21(12-17(18)11-20-4-7-23-8-5-20)10-15-1-2-19-16(9-15)3-6-24-19/h1-3,6,9,17-18,22H,4-5,7-8,10-14H2/t17-,18-/m1/s1. The van der Waals surface area contributed by atoms with Crippen LogP contribution in [0.3, 0.4) is 0 Å². The molecule has 5 heteroatoms. The zero-order chi connectivity index (χ0) is 16.4. The van der Waals surface area contributed by atoms with E-state index in [-0.39, 0.29) is 6.61 Å². The molecule has 130 valence electrons. The first kappa shape index (κ1) is 16.1. The molecular weight excluding hydrogens is 304 g/mol. The van der Waals surface area contributed by atoms with Gasteiger partial charge in [0, 0.05) is 51.3 Å². The van der Waals surface area contributed by atoms with Gasteiger partial charge < -0.3 is 14.3 Å². The fourth-order valence-electron chi connectivity index (χ4n) is 4.07. The highest BCUT2D eigenvalue weighted by Crippen LogP contribution is 2.27. The largest absolute Gasteiger partial charge is 0.464 e. The van der Waals surface area contributed by atoms with Crippen LogP contribution in [0.25, 0.3) is 11.0 Å². The monoisotopic (exact) mass is 330 g/mol. The maximum atomic E-state index is 9.78. The van der Waals surface area contributed by atoms with Gasteiger partial charge in [-0.25, -0.2) is 0 Å². The van der Waals surface area contributed by atoms with Crippen LogP contribution in [-0.2, 0) is 11.3 Å². The minimum atomic E-state index is 0.284. The summed E-state index contributed by atoms with van der Waals surface area (Å²) in [5.41, 5.74) is 2.26. The van der Waals surface area contributed by atoms with Crippen molar-refractivity contribution >= 4 is 11.0 Å². The third-order valence-electron chi connectivity index (χ3n) is 5.41. The van der Waals surface area contributed by atoms with Crippen molar-refractivity contribution in [3.8, 4) is 0 Å². The van der Waals surface area contributed by atoms with Crippen LogP contribution >= 0.6 is 0 Å². The summed E-state index contributed by atoms with van der Waals surface area (Å²) in [5, 5.41) is 10.9. The smallest absolute Gasteiger partial charge is 0.133 e. The van der Waals surface area contributed by atoms with Crippen LogP contribution in [-0.4, -0.2) is 67.5 Å². The summed E-state index contributed by atoms with van der Waals surface area (Å²) >= 11 is 0. The zero-order valence-electron chi connectivity index (χ0n) is 14.1. The van der Waals surface area contributed by atoms with Gasteiger partial charge in [0.05, 0.1) is 19.5 Å². The number of nitrogens with zero attached hydrogens (tertiary/aromatic N) is 2. The molecule has 0 saturated carbocycles. The number of hydrogen-bond donors (Lipinski definition) is 1. The van der Waals surface area contributed by atoms with Gasteiger partial charge >= 0.3 is 0 Å². The van der Waals surface area contributed by atoms with Crippen LogP contribution in [0.4, 0.5) is 0 Å². The molecule has 2 aromatic rings. The first-order valence-corrected chi connectivity index (χ1v) is 8.91. The number of likely N-dealkylation sites (tertiary alicyclic amines) is 1. The summed E-state index contributed by atoms with van der Waals surface area (Å²) in [6.45, 7) is 8.06. The normalized spacial score (nSPS) is 26.4. The Balaban J connectivity index is 1.38. The molecule has 0 spiro atoms. The minimum Gasteiger partial charge on any atom is -0.464 e. The van der Waals surface area contributed by atoms with Crippen LogP contribution in [0.5, 0.6) is 0 Å². The molecule has 1 aromatic carbocycles. The number of ether oxygens (including phenoxy) is 1. The maximum Gasteiger partial charge on any atom is 0.133 e. The number of aliphatic hydroxyl groups excluding tert-OH is 1. The van der Waals surface area contributed by atoms with Gasteiger partial charge in [-0.1, -0.05) is 6.07 Å². The second-order valence-electron chi connectivity index (χ2n) is 7.10. The summed E-state index contributed by atoms with van der Waals surface area (Å²) in [6.07, 6.45) is 1.74. The molecule has 2 aliphatic rings. The topological polar surface area (TPSA) is 49.1 Å². The summed E-state index contributed by atoms with van der Waals surface area (Å²) < 4.78 is 10.9. The van der Waals surface area contributed by atoms with E-state index in [9.17, 15) is 5.11 Å². The summed E-state index contributed by atoms with van der Waals surface area (Å²) in [5.74, 6) is 0.927. The number of furan rings is 1. The van der Waals surface area contributed by atoms with Crippen LogP contribution < -0.4 is 0 Å². The fourth-order valence-corrected chi connectivity index (χ4v) is 4.07. The Morgan fingerprint density at radius 3 is 2.71 bits per heavy atom. The van der Waals surface area contributed by atoms with Gasteiger partial charge in [-0.05, 0) is 35.6 Å². The van der Waals surface area contributed by atoms with Gasteiger partial charge in [-0.15, -0.1) is 0 Å². The van der Waals surface area contributed by atoms with Crippen molar-refractivity contribution in [2.24, 2.45) is 11.8 Å². The van der Waals surface area contributed by atoms with Crippen molar-refractivity contribution < 1.29 is 14.3 Å². The van der Waals surface area contributed by atoms with Gasteiger partial charge in [-0.2, -0.15) is 0 Å². The molecule has 2 aliphatic heterocycles. The molecule has 5 nitrogen and oxygen atoms in total. The number of fused-ring (bicyclic) bond motifs is 1. The molecule has 1 aromatic heterocycles. The van der Waals surface area contributed by atoms with Crippen molar-refractivity contribution in [3.63, 3.8) is 0 Å². The number of rotatable bonds is 5. The number of morpholine rings is 1. The lowest BCUT2D eigenvalue weighted by molar-refractivity contribution is 0.0264. The van der Waals surface area contributed by atoms with E-state index in [2.05, 4.69) is 28.0 Å². The lowest BCUT2D eigenvalue weighted by Crippen LogP contribution is -2.41. The summed E-state index contributed by atoms with van der Waals surface area (Å²) in [4.78, 5) is 4.96. The Bertz CT molecular complexity index is 665. The molecular formula is C19H26N2O3. The average Bonchev–Trinajstić information content (AvgIpc) is 3.22. The van der Waals surface area contributed by atoms with Crippen LogP contribution in [0.15, 0.2) is 34.9 Å². The highest BCUT2D eigenvalue weighted by atomic mass is 16.5. The van der Waals surface area contributed by atoms with Crippen molar-refractivity contribution in [2.45, 2.75) is 6.54 Å². The predicted octanol–water partition coefficient (Wildman–Crippen LogP) is 1.81. The van der Waals surface area contributed by atoms with Crippen molar-refractivity contribution in [1.29, 1.82) is 0 Å². The summed E-state index contributed by atoms with van der Waals surface area (Å²) in [6, 6.07) is 8.42. The van der Waals surface area contributed by atoms with Crippen molar-refractivity contribution in [1.82, 2.24) is 9.80 Å². The minimum absolute atomic E-state index is 0.284. The molecule has 0 amide bonds. The Hall–Kier alpha value is -1.40. The van der Waals surface area contributed by atoms with Crippen LogP contribution in [0.1, 0.15) is 5.56 Å². The number of hydrogen-bond acceptors (Lipinski definition) is 5. The SMILES string of the molecule is OC[C@H]1CN(Cc2ccc3occc3c2)C[C@H]1CN1CCOCC1. The first-order valence-electron chi connectivity index (χ1n) is 8.91. The Morgan fingerprint density at radius 2 is 1.88 bits per heavy atom. The van der Waals surface area contributed by atoms with E-state index in [0.29, 0.717) is 11.8 Å². The summed E-state index contributed by atoms with van der Waals surface area (Å²) in [7, 11) is 0. The third-order valence-corrected chi connectivity index (χ3v) is 5.41. The third kappa shape index (κ3) is 3.49. The van der Waals surface area contributed by atoms with E-state index in [1.54, 1.807) is 6.26 Å². The van der Waals surface area contributed by atoms with Gasteiger partial charge in [-0.3, -0.25) is 9.80 Å². The second-order valence-corrected chi connectivity index (χ2v) is 7.10. The molecule has 0 unspecified atom stereocenters. The molecule has 2 fully saturated rings. The lowest BCUT2D eigenvalue weighted by Gasteiger charge is -2.30. The predicted molar refractivity (Wildman–Crippen MR) is 92.8 cm³/mol. The lowest BCUT2D eigenvalue weighted by atomic mass is 9.96. The molecule has 24 heavy (non-hydrogen) atoms. The molecule has 2 saturated heterocycles. The fraction of sp³-hybridized carbons (Fsp3) is 0.579. The molecule has 0 bridgehead atoms. The van der Waals surface area contributed by atoms with Crippen molar-refractivity contribution in [2.75, 3.05) is 52.5 Å². The van der Waals surface area contributed by atoms with E-state index < -0.39 is 0 Å². The van der Waals surface area contributed by atoms with Gasteiger partial charge in [0.1, 0.15) is 5.58 Å². The number of benzene rings is 1. The van der Waals surface area contributed by atoms with Gasteiger partial charge in [0.2, 0.25) is 0 Å². The highest BCUT2D eigenvalue weighted by molar-refractivity contribution is 5.77. The molecule has 4 rings (SSSR count). The molecule has 3 heterocycles. The zero-order valence-corrected chi connectivity index (χ0v) is 14.1. The Labute approximate surface area is 142 Å². The van der Waals surface area contributed by atoms with E-state index in [4.69, 9.17) is 9.15 Å². The average molecular weight is 330 g/mol.